The molecule has 2 aliphatic heterocycles. The first-order valence-electron chi connectivity index (χ1n) is 6.78. The third-order valence-electron chi connectivity index (χ3n) is 3.90. The fourth-order valence-electron chi connectivity index (χ4n) is 2.45. The van der Waals surface area contributed by atoms with E-state index in [4.69, 9.17) is 14.2 Å². The highest BCUT2D eigenvalue weighted by molar-refractivity contribution is 7.80. The summed E-state index contributed by atoms with van der Waals surface area (Å²) in [5.74, 6) is 0. The van der Waals surface area contributed by atoms with Crippen LogP contribution in [-0.2, 0) is 14.2 Å². The zero-order valence-electron chi connectivity index (χ0n) is 11.7. The summed E-state index contributed by atoms with van der Waals surface area (Å²) in [6.45, 7) is 3.10. The zero-order chi connectivity index (χ0) is 15.9. The molecule has 2 rings (SSSR count). The first-order valence-corrected chi connectivity index (χ1v) is 7.30. The van der Waals surface area contributed by atoms with Crippen LogP contribution in [0.2, 0.25) is 0 Å². The minimum atomic E-state index is -1.50. The summed E-state index contributed by atoms with van der Waals surface area (Å²) in [4.78, 5) is 0. The minimum Gasteiger partial charge on any atom is -0.388 e. The van der Waals surface area contributed by atoms with Gasteiger partial charge in [0, 0.05) is 0 Å². The van der Waals surface area contributed by atoms with Crippen molar-refractivity contribution in [3.05, 3.63) is 0 Å². The van der Waals surface area contributed by atoms with Gasteiger partial charge in [-0.25, -0.2) is 0 Å². The summed E-state index contributed by atoms with van der Waals surface area (Å²) in [7, 11) is 0. The molecular weight excluding hydrogens is 304 g/mol. The van der Waals surface area contributed by atoms with E-state index in [9.17, 15) is 25.5 Å². The van der Waals surface area contributed by atoms with Crippen LogP contribution in [0.4, 0.5) is 0 Å². The van der Waals surface area contributed by atoms with Crippen molar-refractivity contribution in [3.8, 4) is 0 Å². The van der Waals surface area contributed by atoms with Gasteiger partial charge in [0.25, 0.3) is 0 Å². The molecule has 0 radical (unpaired) electrons. The van der Waals surface area contributed by atoms with Gasteiger partial charge >= 0.3 is 0 Å². The van der Waals surface area contributed by atoms with Gasteiger partial charge in [-0.1, -0.05) is 0 Å². The largest absolute Gasteiger partial charge is 0.388 e. The van der Waals surface area contributed by atoms with Gasteiger partial charge in [-0.15, -0.1) is 12.6 Å². The molecule has 2 fully saturated rings. The van der Waals surface area contributed by atoms with E-state index in [-0.39, 0.29) is 0 Å². The summed E-state index contributed by atoms with van der Waals surface area (Å²) < 4.78 is 16.0. The van der Waals surface area contributed by atoms with E-state index in [1.165, 1.54) is 6.92 Å². The lowest BCUT2D eigenvalue weighted by Gasteiger charge is -2.44. The van der Waals surface area contributed by atoms with Gasteiger partial charge in [0.05, 0.1) is 12.2 Å². The standard InChI is InChI=1S/C12H22O8S/c1-3-5(13)7(15)9(17)11(18-3)20-10-8(16)6(14)4(2)19-12(10)21/h3-17,21H,1-2H3/t3-,4-,5-,6-,7+,8+,9+,10+,11-,12+/m0/s1. The third kappa shape index (κ3) is 3.36. The van der Waals surface area contributed by atoms with E-state index in [1.54, 1.807) is 6.92 Å². The maximum Gasteiger partial charge on any atom is 0.187 e. The fraction of sp³-hybridized carbons (Fsp3) is 1.00. The Balaban J connectivity index is 2.06. The Labute approximate surface area is 127 Å². The van der Waals surface area contributed by atoms with Crippen LogP contribution in [0.3, 0.4) is 0 Å². The molecular formula is C12H22O8S. The fourth-order valence-corrected chi connectivity index (χ4v) is 2.89. The van der Waals surface area contributed by atoms with Gasteiger partial charge in [0.2, 0.25) is 0 Å². The number of thiol groups is 1. The lowest BCUT2D eigenvalue weighted by atomic mass is 9.98. The van der Waals surface area contributed by atoms with Crippen molar-refractivity contribution in [1.82, 2.24) is 0 Å². The second-order valence-electron chi connectivity index (χ2n) is 5.50. The summed E-state index contributed by atoms with van der Waals surface area (Å²) in [5.41, 5.74) is -0.839. The van der Waals surface area contributed by atoms with Crippen molar-refractivity contribution in [2.75, 3.05) is 0 Å². The second-order valence-corrected chi connectivity index (χ2v) is 6.00. The minimum absolute atomic E-state index is 0.620. The molecule has 0 aliphatic carbocycles. The van der Waals surface area contributed by atoms with Crippen molar-refractivity contribution >= 4 is 12.6 Å². The summed E-state index contributed by atoms with van der Waals surface area (Å²) in [5, 5.41) is 49.0. The van der Waals surface area contributed by atoms with Crippen molar-refractivity contribution in [2.45, 2.75) is 74.4 Å². The van der Waals surface area contributed by atoms with Gasteiger partial charge in [-0.2, -0.15) is 0 Å². The third-order valence-corrected chi connectivity index (χ3v) is 4.32. The molecule has 0 bridgehead atoms. The van der Waals surface area contributed by atoms with Gasteiger partial charge in [-0.3, -0.25) is 0 Å². The van der Waals surface area contributed by atoms with Gasteiger partial charge in [0.15, 0.2) is 6.29 Å². The molecule has 0 amide bonds. The van der Waals surface area contributed by atoms with E-state index < -0.39 is 60.6 Å². The van der Waals surface area contributed by atoms with Gasteiger partial charge in [-0.05, 0) is 13.8 Å². The van der Waals surface area contributed by atoms with E-state index in [2.05, 4.69) is 12.6 Å². The molecule has 0 unspecified atom stereocenters. The Morgan fingerprint density at radius 1 is 0.762 bits per heavy atom. The molecule has 5 N–H and O–H groups in total. The number of hydrogen-bond acceptors (Lipinski definition) is 9. The van der Waals surface area contributed by atoms with Gasteiger partial charge < -0.3 is 39.7 Å². The molecule has 10 atom stereocenters. The molecule has 0 spiro atoms. The Morgan fingerprint density at radius 3 is 1.90 bits per heavy atom. The average Bonchev–Trinajstić information content (AvgIpc) is 2.44. The summed E-state index contributed by atoms with van der Waals surface area (Å²) >= 11 is 4.14. The number of hydrogen-bond donors (Lipinski definition) is 6. The first-order chi connectivity index (χ1) is 9.73. The normalized spacial score (nSPS) is 55.4. The van der Waals surface area contributed by atoms with Crippen LogP contribution >= 0.6 is 12.6 Å². The number of aliphatic hydroxyl groups excluding tert-OH is 5. The maximum absolute atomic E-state index is 10.0. The molecule has 2 heterocycles. The Morgan fingerprint density at radius 2 is 1.29 bits per heavy atom. The quantitative estimate of drug-likeness (QED) is 0.310. The Hall–Kier alpha value is 0.0300. The smallest absolute Gasteiger partial charge is 0.187 e. The van der Waals surface area contributed by atoms with Crippen LogP contribution < -0.4 is 0 Å². The molecule has 124 valence electrons. The van der Waals surface area contributed by atoms with E-state index in [1.807, 2.05) is 0 Å². The predicted molar refractivity (Wildman–Crippen MR) is 72.6 cm³/mol. The van der Waals surface area contributed by atoms with Crippen molar-refractivity contribution in [3.63, 3.8) is 0 Å². The van der Waals surface area contributed by atoms with E-state index in [0.717, 1.165) is 0 Å². The van der Waals surface area contributed by atoms with E-state index in [0.29, 0.717) is 0 Å². The molecule has 21 heavy (non-hydrogen) atoms. The van der Waals surface area contributed by atoms with Crippen molar-refractivity contribution < 1.29 is 39.7 Å². The molecule has 8 nitrogen and oxygen atoms in total. The molecule has 0 saturated carbocycles. The Bertz CT molecular complexity index is 358. The molecule has 0 aromatic heterocycles. The average molecular weight is 326 g/mol. The molecule has 2 aliphatic rings. The number of rotatable bonds is 2. The maximum atomic E-state index is 10.0. The van der Waals surface area contributed by atoms with Crippen molar-refractivity contribution in [2.24, 2.45) is 0 Å². The first kappa shape index (κ1) is 17.4. The summed E-state index contributed by atoms with van der Waals surface area (Å²) in [6.07, 6.45) is -10.4. The lowest BCUT2D eigenvalue weighted by Crippen LogP contribution is -2.62. The highest BCUT2D eigenvalue weighted by Crippen LogP contribution is 2.29. The van der Waals surface area contributed by atoms with Crippen LogP contribution in [0.1, 0.15) is 13.8 Å². The van der Waals surface area contributed by atoms with Gasteiger partial charge in [0.1, 0.15) is 42.1 Å². The van der Waals surface area contributed by atoms with E-state index >= 15 is 0 Å². The topological polar surface area (TPSA) is 129 Å². The highest BCUT2D eigenvalue weighted by Gasteiger charge is 2.48. The van der Waals surface area contributed by atoms with Crippen molar-refractivity contribution in [1.29, 1.82) is 0 Å². The number of aliphatic hydroxyl groups is 5. The molecule has 0 aromatic carbocycles. The molecule has 9 heteroatoms. The van der Waals surface area contributed by atoms with Crippen LogP contribution in [0.25, 0.3) is 0 Å². The van der Waals surface area contributed by atoms with Crippen LogP contribution in [0.5, 0.6) is 0 Å². The number of ether oxygens (including phenoxy) is 3. The Kier molecular flexibility index (Phi) is 5.50. The van der Waals surface area contributed by atoms with Crippen LogP contribution in [0.15, 0.2) is 0 Å². The molecule has 0 aromatic rings. The van der Waals surface area contributed by atoms with Crippen LogP contribution in [0, 0.1) is 0 Å². The summed E-state index contributed by atoms with van der Waals surface area (Å²) in [6, 6.07) is 0. The highest BCUT2D eigenvalue weighted by atomic mass is 32.1. The second kappa shape index (κ2) is 6.65. The zero-order valence-corrected chi connectivity index (χ0v) is 12.6. The predicted octanol–water partition coefficient (Wildman–Crippen LogP) is -2.40. The van der Waals surface area contributed by atoms with Crippen LogP contribution in [-0.4, -0.2) is 86.1 Å². The SMILES string of the molecule is C[C@@H]1O[C@@H](O[C@@H]2[C@H](O)[C@@H](O)[C@H](C)O[C@@H]2S)[C@H](O)[C@H](O)[C@H]1O. The monoisotopic (exact) mass is 326 g/mol. The molecule has 2 saturated heterocycles. The lowest BCUT2D eigenvalue weighted by molar-refractivity contribution is -0.328.